The van der Waals surface area contributed by atoms with E-state index in [9.17, 15) is 13.2 Å². The van der Waals surface area contributed by atoms with Gasteiger partial charge in [0, 0.05) is 6.54 Å². The number of amides is 1. The van der Waals surface area contributed by atoms with Crippen LogP contribution >= 0.6 is 0 Å². The molecule has 32 heavy (non-hydrogen) atoms. The second-order valence-electron chi connectivity index (χ2n) is 9.23. The van der Waals surface area contributed by atoms with Crippen LogP contribution in [0.2, 0.25) is 0 Å². The molecule has 0 saturated heterocycles. The van der Waals surface area contributed by atoms with E-state index in [1.54, 1.807) is 42.2 Å². The molecule has 0 saturated carbocycles. The molecule has 0 atom stereocenters. The summed E-state index contributed by atoms with van der Waals surface area (Å²) < 4.78 is 39.9. The number of carbonyl (C=O) groups is 1. The van der Waals surface area contributed by atoms with Crippen molar-refractivity contribution in [2.24, 2.45) is 11.3 Å². The Bertz CT molecular complexity index is 1110. The molecular formula is C24H32N2O5S. The third-order valence-electron chi connectivity index (χ3n) is 5.52. The summed E-state index contributed by atoms with van der Waals surface area (Å²) in [7, 11) is -2.30. The number of hydrogen-bond acceptors (Lipinski definition) is 5. The first-order valence-electron chi connectivity index (χ1n) is 10.7. The molecule has 0 aliphatic carbocycles. The lowest BCUT2D eigenvalue weighted by Gasteiger charge is -2.28. The molecule has 8 heteroatoms. The van der Waals surface area contributed by atoms with E-state index in [-0.39, 0.29) is 17.4 Å². The monoisotopic (exact) mass is 460 g/mol. The van der Waals surface area contributed by atoms with Crippen molar-refractivity contribution >= 4 is 27.3 Å². The van der Waals surface area contributed by atoms with Crippen LogP contribution in [-0.2, 0) is 14.8 Å². The van der Waals surface area contributed by atoms with Crippen LogP contribution in [0.15, 0.2) is 41.3 Å². The Morgan fingerprint density at radius 1 is 1.19 bits per heavy atom. The molecule has 1 heterocycles. The van der Waals surface area contributed by atoms with Gasteiger partial charge in [-0.3, -0.25) is 9.52 Å². The van der Waals surface area contributed by atoms with Crippen molar-refractivity contribution in [3.8, 4) is 11.5 Å². The van der Waals surface area contributed by atoms with Gasteiger partial charge in [0.05, 0.1) is 28.8 Å². The second-order valence-corrected chi connectivity index (χ2v) is 10.9. The molecule has 1 aliphatic heterocycles. The van der Waals surface area contributed by atoms with Crippen molar-refractivity contribution in [2.45, 2.75) is 45.9 Å². The normalized spacial score (nSPS) is 15.7. The van der Waals surface area contributed by atoms with Gasteiger partial charge in [-0.1, -0.05) is 13.8 Å². The fourth-order valence-electron chi connectivity index (χ4n) is 3.58. The first kappa shape index (κ1) is 23.9. The van der Waals surface area contributed by atoms with Crippen LogP contribution in [0, 0.1) is 18.3 Å². The molecule has 0 bridgehead atoms. The number of hydrogen-bond donors (Lipinski definition) is 1. The highest BCUT2D eigenvalue weighted by Gasteiger charge is 2.37. The van der Waals surface area contributed by atoms with Crippen LogP contribution in [0.25, 0.3) is 0 Å². The van der Waals surface area contributed by atoms with Crippen LogP contribution < -0.4 is 19.1 Å². The molecule has 1 amide bonds. The molecule has 1 aliphatic rings. The van der Waals surface area contributed by atoms with E-state index in [1.165, 1.54) is 13.2 Å². The van der Waals surface area contributed by atoms with Crippen molar-refractivity contribution in [3.63, 3.8) is 0 Å². The van der Waals surface area contributed by atoms with Gasteiger partial charge >= 0.3 is 0 Å². The maximum atomic E-state index is 13.3. The van der Waals surface area contributed by atoms with Crippen LogP contribution in [0.5, 0.6) is 11.5 Å². The van der Waals surface area contributed by atoms with Gasteiger partial charge in [0.25, 0.3) is 10.0 Å². The highest BCUT2D eigenvalue weighted by atomic mass is 32.2. The molecule has 2 aromatic rings. The minimum atomic E-state index is -3.83. The van der Waals surface area contributed by atoms with E-state index in [0.29, 0.717) is 40.9 Å². The lowest BCUT2D eigenvalue weighted by Crippen LogP contribution is -2.42. The van der Waals surface area contributed by atoms with Crippen LogP contribution in [-0.4, -0.2) is 34.6 Å². The van der Waals surface area contributed by atoms with Crippen molar-refractivity contribution in [1.82, 2.24) is 0 Å². The molecular weight excluding hydrogens is 428 g/mol. The number of aryl methyl sites for hydroxylation is 1. The smallest absolute Gasteiger partial charge is 0.262 e. The summed E-state index contributed by atoms with van der Waals surface area (Å²) in [6.07, 6.45) is 0.822. The first-order chi connectivity index (χ1) is 14.9. The molecule has 0 fully saturated rings. The number of sulfonamides is 1. The number of rotatable bonds is 7. The Balaban J connectivity index is 1.97. The maximum Gasteiger partial charge on any atom is 0.262 e. The molecule has 3 rings (SSSR count). The Kier molecular flexibility index (Phi) is 6.74. The summed E-state index contributed by atoms with van der Waals surface area (Å²) in [6, 6.07) is 9.84. The third-order valence-corrected chi connectivity index (χ3v) is 7.06. The second kappa shape index (κ2) is 9.02. The third kappa shape index (κ3) is 5.01. The van der Waals surface area contributed by atoms with Crippen molar-refractivity contribution in [2.75, 3.05) is 29.9 Å². The predicted octanol–water partition coefficient (Wildman–Crippen LogP) is 4.60. The van der Waals surface area contributed by atoms with Gasteiger partial charge in [0.15, 0.2) is 0 Å². The van der Waals surface area contributed by atoms with E-state index >= 15 is 0 Å². The van der Waals surface area contributed by atoms with Crippen molar-refractivity contribution < 1.29 is 22.7 Å². The van der Waals surface area contributed by atoms with Gasteiger partial charge in [0.2, 0.25) is 5.91 Å². The summed E-state index contributed by atoms with van der Waals surface area (Å²) in [5.74, 6) is 1.53. The summed E-state index contributed by atoms with van der Waals surface area (Å²) in [6.45, 7) is 10.4. The quantitative estimate of drug-likeness (QED) is 0.653. The predicted molar refractivity (Wildman–Crippen MR) is 126 cm³/mol. The van der Waals surface area contributed by atoms with E-state index in [1.807, 2.05) is 13.8 Å². The Morgan fingerprint density at radius 2 is 1.91 bits per heavy atom. The summed E-state index contributed by atoms with van der Waals surface area (Å²) in [5, 5.41) is 0. The Hall–Kier alpha value is -2.74. The van der Waals surface area contributed by atoms with Crippen molar-refractivity contribution in [3.05, 3.63) is 42.0 Å². The number of carbonyl (C=O) groups excluding carboxylic acids is 1. The fraction of sp³-hybridized carbons (Fsp3) is 0.458. The zero-order valence-electron chi connectivity index (χ0n) is 19.6. The highest BCUT2D eigenvalue weighted by molar-refractivity contribution is 7.92. The molecule has 0 radical (unpaired) electrons. The zero-order valence-corrected chi connectivity index (χ0v) is 20.4. The average molecular weight is 461 g/mol. The van der Waals surface area contributed by atoms with E-state index < -0.39 is 15.4 Å². The van der Waals surface area contributed by atoms with Gasteiger partial charge < -0.3 is 14.4 Å². The SMILES string of the molecule is COc1ccc(S(=O)(=O)Nc2ccc3c(c2)N(CCC(C)C)C(=O)C(C)(C)CO3)c(C)c1. The lowest BCUT2D eigenvalue weighted by atomic mass is 9.92. The molecule has 1 N–H and O–H groups in total. The number of nitrogens with one attached hydrogen (secondary N) is 1. The van der Waals surface area contributed by atoms with Crippen LogP contribution in [0.4, 0.5) is 11.4 Å². The largest absolute Gasteiger partial charge is 0.497 e. The van der Waals surface area contributed by atoms with Crippen molar-refractivity contribution in [1.29, 1.82) is 0 Å². The lowest BCUT2D eigenvalue weighted by molar-refractivity contribution is -0.127. The van der Waals surface area contributed by atoms with E-state index in [4.69, 9.17) is 9.47 Å². The average Bonchev–Trinajstić information content (AvgIpc) is 2.80. The van der Waals surface area contributed by atoms with E-state index in [2.05, 4.69) is 18.6 Å². The molecule has 174 valence electrons. The van der Waals surface area contributed by atoms with E-state index in [0.717, 1.165) is 6.42 Å². The maximum absolute atomic E-state index is 13.3. The van der Waals surface area contributed by atoms with Gasteiger partial charge in [-0.25, -0.2) is 8.42 Å². The number of benzene rings is 2. The number of anilines is 2. The standard InChI is InChI=1S/C24H32N2O5S/c1-16(2)11-12-26-20-14-18(7-9-21(20)31-15-24(4,5)23(26)27)25-32(28,29)22-10-8-19(30-6)13-17(22)3/h7-10,13-14,16,25H,11-12,15H2,1-6H3. The molecule has 0 aromatic heterocycles. The van der Waals surface area contributed by atoms with Gasteiger partial charge in [-0.15, -0.1) is 0 Å². The van der Waals surface area contributed by atoms with Gasteiger partial charge in [-0.2, -0.15) is 0 Å². The van der Waals surface area contributed by atoms with Crippen LogP contribution in [0.3, 0.4) is 0 Å². The Morgan fingerprint density at radius 3 is 2.53 bits per heavy atom. The number of methoxy groups -OCH3 is 1. The zero-order chi connectivity index (χ0) is 23.7. The van der Waals surface area contributed by atoms with Gasteiger partial charge in [-0.05, 0) is 75.1 Å². The minimum Gasteiger partial charge on any atom is -0.497 e. The minimum absolute atomic E-state index is 0.0390. The first-order valence-corrected chi connectivity index (χ1v) is 12.2. The fourth-order valence-corrected chi connectivity index (χ4v) is 4.86. The number of nitrogens with zero attached hydrogens (tertiary/aromatic N) is 1. The summed E-state index contributed by atoms with van der Waals surface area (Å²) in [4.78, 5) is 15.1. The topological polar surface area (TPSA) is 84.9 Å². The molecule has 7 nitrogen and oxygen atoms in total. The van der Waals surface area contributed by atoms with Gasteiger partial charge in [0.1, 0.15) is 18.1 Å². The molecule has 0 spiro atoms. The summed E-state index contributed by atoms with van der Waals surface area (Å²) in [5.41, 5.74) is 0.832. The number of fused-ring (bicyclic) bond motifs is 1. The van der Waals surface area contributed by atoms with Crippen LogP contribution in [0.1, 0.15) is 39.7 Å². The summed E-state index contributed by atoms with van der Waals surface area (Å²) >= 11 is 0. The highest BCUT2D eigenvalue weighted by Crippen LogP contribution is 2.39. The number of ether oxygens (including phenoxy) is 2. The molecule has 2 aromatic carbocycles. The Labute approximate surface area is 190 Å². The molecule has 0 unspecified atom stereocenters.